The summed E-state index contributed by atoms with van der Waals surface area (Å²) in [5.74, 6) is -0.421. The van der Waals surface area contributed by atoms with Gasteiger partial charge in [0.1, 0.15) is 0 Å². The predicted octanol–water partition coefficient (Wildman–Crippen LogP) is 3.24. The van der Waals surface area contributed by atoms with E-state index in [1.807, 2.05) is 4.90 Å². The van der Waals surface area contributed by atoms with E-state index in [1.165, 1.54) is 18.2 Å². The van der Waals surface area contributed by atoms with Gasteiger partial charge in [-0.25, -0.2) is 0 Å². The molecule has 0 saturated carbocycles. The predicted molar refractivity (Wildman–Crippen MR) is 103 cm³/mol. The fourth-order valence-electron chi connectivity index (χ4n) is 3.05. The number of carbonyl (C=O) groups is 2. The number of rotatable bonds is 6. The molecule has 1 aliphatic heterocycles. The van der Waals surface area contributed by atoms with Crippen LogP contribution in [0.15, 0.2) is 48.5 Å². The third-order valence-electron chi connectivity index (χ3n) is 4.48. The van der Waals surface area contributed by atoms with Crippen molar-refractivity contribution in [2.24, 2.45) is 0 Å². The number of nitrogens with one attached hydrogen (secondary N) is 1. The zero-order valence-electron chi connectivity index (χ0n) is 15.3. The molecule has 0 radical (unpaired) electrons. The summed E-state index contributed by atoms with van der Waals surface area (Å²) in [7, 11) is 0. The molecule has 28 heavy (non-hydrogen) atoms. The van der Waals surface area contributed by atoms with Gasteiger partial charge in [0.25, 0.3) is 11.8 Å². The van der Waals surface area contributed by atoms with Crippen molar-refractivity contribution in [3.8, 4) is 5.75 Å². The van der Waals surface area contributed by atoms with Gasteiger partial charge < -0.3 is 15.0 Å². The molecule has 8 heteroatoms. The van der Waals surface area contributed by atoms with Crippen molar-refractivity contribution in [3.05, 3.63) is 64.2 Å². The Bertz CT molecular complexity index is 860. The molecule has 0 spiro atoms. The molecule has 1 N–H and O–H groups in total. The first-order chi connectivity index (χ1) is 13.5. The fourth-order valence-corrected chi connectivity index (χ4v) is 3.05. The van der Waals surface area contributed by atoms with Crippen molar-refractivity contribution >= 4 is 23.2 Å². The van der Waals surface area contributed by atoms with Crippen LogP contribution in [0.5, 0.6) is 5.75 Å². The van der Waals surface area contributed by atoms with Crippen molar-refractivity contribution in [2.45, 2.75) is 19.3 Å². The third kappa shape index (κ3) is 4.85. The number of amides is 2. The van der Waals surface area contributed by atoms with Gasteiger partial charge in [-0.3, -0.25) is 19.7 Å². The van der Waals surface area contributed by atoms with Crippen molar-refractivity contribution in [1.29, 1.82) is 0 Å². The van der Waals surface area contributed by atoms with Crippen molar-refractivity contribution in [2.75, 3.05) is 25.0 Å². The number of nitrogens with zero attached hydrogens (tertiary/aromatic N) is 2. The number of piperidine rings is 1. The third-order valence-corrected chi connectivity index (χ3v) is 4.48. The van der Waals surface area contributed by atoms with Crippen LogP contribution in [0, 0.1) is 10.1 Å². The number of likely N-dealkylation sites (tertiary alicyclic amines) is 1. The minimum atomic E-state index is -0.564. The van der Waals surface area contributed by atoms with Gasteiger partial charge in [0.05, 0.1) is 4.92 Å². The Kier molecular flexibility index (Phi) is 6.21. The Labute approximate surface area is 162 Å². The largest absolute Gasteiger partial charge is 0.477 e. The number of ether oxygens (including phenoxy) is 1. The van der Waals surface area contributed by atoms with Crippen LogP contribution in [-0.4, -0.2) is 41.3 Å². The Morgan fingerprint density at radius 3 is 2.39 bits per heavy atom. The maximum Gasteiger partial charge on any atom is 0.310 e. The lowest BCUT2D eigenvalue weighted by Gasteiger charge is -2.26. The average molecular weight is 383 g/mol. The van der Waals surface area contributed by atoms with Crippen LogP contribution < -0.4 is 10.1 Å². The number of carbonyl (C=O) groups excluding carboxylic acids is 2. The lowest BCUT2D eigenvalue weighted by molar-refractivity contribution is -0.385. The molecule has 2 aromatic carbocycles. The smallest absolute Gasteiger partial charge is 0.310 e. The Morgan fingerprint density at radius 2 is 1.71 bits per heavy atom. The minimum Gasteiger partial charge on any atom is -0.477 e. The van der Waals surface area contributed by atoms with E-state index >= 15 is 0 Å². The summed E-state index contributed by atoms with van der Waals surface area (Å²) in [5.41, 5.74) is 0.901. The van der Waals surface area contributed by atoms with E-state index in [-0.39, 0.29) is 24.0 Å². The van der Waals surface area contributed by atoms with Crippen molar-refractivity contribution in [1.82, 2.24) is 4.90 Å². The van der Waals surface area contributed by atoms with Crippen molar-refractivity contribution in [3.63, 3.8) is 0 Å². The molecule has 0 bridgehead atoms. The van der Waals surface area contributed by atoms with Crippen LogP contribution in [-0.2, 0) is 4.79 Å². The molecule has 0 unspecified atom stereocenters. The molecule has 1 fully saturated rings. The second-order valence-corrected chi connectivity index (χ2v) is 6.49. The van der Waals surface area contributed by atoms with E-state index in [0.29, 0.717) is 11.3 Å². The summed E-state index contributed by atoms with van der Waals surface area (Å²) in [4.78, 5) is 36.7. The zero-order valence-corrected chi connectivity index (χ0v) is 15.3. The zero-order chi connectivity index (χ0) is 19.9. The van der Waals surface area contributed by atoms with Crippen LogP contribution in [0.3, 0.4) is 0 Å². The number of anilines is 1. The molecule has 3 rings (SSSR count). The number of nitro groups is 1. The van der Waals surface area contributed by atoms with Gasteiger partial charge >= 0.3 is 5.69 Å². The van der Waals surface area contributed by atoms with Gasteiger partial charge in [0.15, 0.2) is 12.4 Å². The maximum absolute atomic E-state index is 12.4. The number of nitro benzene ring substituents is 1. The Morgan fingerprint density at radius 1 is 1.04 bits per heavy atom. The van der Waals surface area contributed by atoms with E-state index in [4.69, 9.17) is 4.74 Å². The van der Waals surface area contributed by atoms with E-state index in [1.54, 1.807) is 30.3 Å². The molecule has 0 aliphatic carbocycles. The molecule has 0 atom stereocenters. The lowest BCUT2D eigenvalue weighted by atomic mass is 10.1. The van der Waals surface area contributed by atoms with E-state index < -0.39 is 10.8 Å². The number of hydrogen-bond donors (Lipinski definition) is 1. The summed E-state index contributed by atoms with van der Waals surface area (Å²) in [6.07, 6.45) is 3.21. The molecular weight excluding hydrogens is 362 g/mol. The second kappa shape index (κ2) is 8.98. The summed E-state index contributed by atoms with van der Waals surface area (Å²) < 4.78 is 5.26. The average Bonchev–Trinajstić information content (AvgIpc) is 2.73. The van der Waals surface area contributed by atoms with Gasteiger partial charge in [-0.05, 0) is 49.6 Å². The van der Waals surface area contributed by atoms with Crippen LogP contribution in [0.25, 0.3) is 0 Å². The normalized spacial score (nSPS) is 13.6. The highest BCUT2D eigenvalue weighted by Gasteiger charge is 2.18. The van der Waals surface area contributed by atoms with Crippen LogP contribution in [0.4, 0.5) is 11.4 Å². The number of hydrogen-bond acceptors (Lipinski definition) is 5. The first kappa shape index (κ1) is 19.3. The van der Waals surface area contributed by atoms with Gasteiger partial charge in [-0.2, -0.15) is 0 Å². The second-order valence-electron chi connectivity index (χ2n) is 6.49. The SMILES string of the molecule is O=C(COc1ccccc1[N+](=O)[O-])Nc1ccc(C(=O)N2CCCCC2)cc1. The summed E-state index contributed by atoms with van der Waals surface area (Å²) in [5, 5.41) is 13.6. The molecule has 0 aromatic heterocycles. The summed E-state index contributed by atoms with van der Waals surface area (Å²) >= 11 is 0. The molecule has 1 saturated heterocycles. The van der Waals surface area contributed by atoms with Crippen LogP contribution in [0.2, 0.25) is 0 Å². The highest BCUT2D eigenvalue weighted by Crippen LogP contribution is 2.25. The molecule has 1 heterocycles. The van der Waals surface area contributed by atoms with Crippen LogP contribution in [0.1, 0.15) is 29.6 Å². The molecule has 1 aliphatic rings. The van der Waals surface area contributed by atoms with E-state index in [9.17, 15) is 19.7 Å². The van der Waals surface area contributed by atoms with Gasteiger partial charge in [-0.1, -0.05) is 12.1 Å². The molecule has 2 aromatic rings. The minimum absolute atomic E-state index is 0.00250. The highest BCUT2D eigenvalue weighted by atomic mass is 16.6. The molecule has 146 valence electrons. The van der Waals surface area contributed by atoms with E-state index in [2.05, 4.69) is 5.32 Å². The monoisotopic (exact) mass is 383 g/mol. The van der Waals surface area contributed by atoms with Crippen molar-refractivity contribution < 1.29 is 19.2 Å². The number of para-hydroxylation sites is 2. The maximum atomic E-state index is 12.4. The standard InChI is InChI=1S/C20H21N3O5/c24-19(14-28-18-7-3-2-6-17(18)23(26)27)21-16-10-8-15(9-11-16)20(25)22-12-4-1-5-13-22/h2-3,6-11H,1,4-5,12-14H2,(H,21,24). The quantitative estimate of drug-likeness (QED) is 0.609. The lowest BCUT2D eigenvalue weighted by Crippen LogP contribution is -2.35. The van der Waals surface area contributed by atoms with Gasteiger partial charge in [0.2, 0.25) is 0 Å². The first-order valence-corrected chi connectivity index (χ1v) is 9.10. The Hall–Kier alpha value is -3.42. The summed E-state index contributed by atoms with van der Waals surface area (Å²) in [6.45, 7) is 1.19. The Balaban J connectivity index is 1.54. The van der Waals surface area contributed by atoms with Crippen LogP contribution >= 0.6 is 0 Å². The fraction of sp³-hybridized carbons (Fsp3) is 0.300. The topological polar surface area (TPSA) is 102 Å². The number of benzene rings is 2. The van der Waals surface area contributed by atoms with E-state index in [0.717, 1.165) is 32.4 Å². The molecular formula is C20H21N3O5. The highest BCUT2D eigenvalue weighted by molar-refractivity contribution is 5.96. The van der Waals surface area contributed by atoms with Gasteiger partial charge in [0, 0.05) is 30.4 Å². The summed E-state index contributed by atoms with van der Waals surface area (Å²) in [6, 6.07) is 12.5. The van der Waals surface area contributed by atoms with Gasteiger partial charge in [-0.15, -0.1) is 0 Å². The molecule has 2 amide bonds. The molecule has 8 nitrogen and oxygen atoms in total. The first-order valence-electron chi connectivity index (χ1n) is 9.10.